The van der Waals surface area contributed by atoms with Gasteiger partial charge in [0.05, 0.1) is 0 Å². The molecule has 18 heavy (non-hydrogen) atoms. The lowest BCUT2D eigenvalue weighted by atomic mass is 9.98. The molecule has 0 bridgehead atoms. The Morgan fingerprint density at radius 3 is 2.72 bits per heavy atom. The molecule has 2 aromatic rings. The fraction of sp³-hybridized carbons (Fsp3) is 0.412. The van der Waals surface area contributed by atoms with Gasteiger partial charge in [-0.15, -0.1) is 0 Å². The van der Waals surface area contributed by atoms with E-state index in [1.807, 2.05) is 0 Å². The molecule has 1 aromatic heterocycles. The van der Waals surface area contributed by atoms with Crippen molar-refractivity contribution < 1.29 is 0 Å². The zero-order chi connectivity index (χ0) is 13.1. The maximum absolute atomic E-state index is 4.19. The number of hydrogen-bond acceptors (Lipinski definition) is 0. The average Bonchev–Trinajstić information content (AvgIpc) is 2.64. The highest BCUT2D eigenvalue weighted by molar-refractivity contribution is 5.83. The van der Waals surface area contributed by atoms with E-state index in [0.717, 1.165) is 19.3 Å². The molecule has 0 saturated carbocycles. The highest BCUT2D eigenvalue weighted by Crippen LogP contribution is 2.23. The van der Waals surface area contributed by atoms with E-state index in [9.17, 15) is 0 Å². The first-order valence-corrected chi connectivity index (χ1v) is 6.77. The van der Waals surface area contributed by atoms with E-state index in [0.29, 0.717) is 5.92 Å². The first kappa shape index (κ1) is 12.9. The van der Waals surface area contributed by atoms with E-state index in [1.54, 1.807) is 0 Å². The van der Waals surface area contributed by atoms with Crippen molar-refractivity contribution >= 4 is 10.9 Å². The van der Waals surface area contributed by atoms with Gasteiger partial charge in [0.2, 0.25) is 0 Å². The molecule has 0 saturated heterocycles. The Balaban J connectivity index is 2.10. The van der Waals surface area contributed by atoms with Crippen LogP contribution in [0.25, 0.3) is 10.9 Å². The van der Waals surface area contributed by atoms with Crippen LogP contribution in [-0.4, -0.2) is 4.57 Å². The van der Waals surface area contributed by atoms with Crippen LogP contribution in [-0.2, 0) is 13.5 Å². The summed E-state index contributed by atoms with van der Waals surface area (Å²) in [5.41, 5.74) is 4.14. The molecule has 1 heteroatoms. The van der Waals surface area contributed by atoms with E-state index >= 15 is 0 Å². The smallest absolute Gasteiger partial charge is 0.0480 e. The minimum atomic E-state index is 0.713. The molecule has 0 N–H and O–H groups in total. The van der Waals surface area contributed by atoms with Gasteiger partial charge in [-0.3, -0.25) is 0 Å². The number of aryl methyl sites for hydroxylation is 2. The minimum Gasteiger partial charge on any atom is -0.350 e. The van der Waals surface area contributed by atoms with Gasteiger partial charge in [0, 0.05) is 24.1 Å². The normalized spacial score (nSPS) is 11.3. The molecule has 1 heterocycles. The molecule has 1 aromatic carbocycles. The largest absolute Gasteiger partial charge is 0.350 e. The Morgan fingerprint density at radius 2 is 2.00 bits per heavy atom. The van der Waals surface area contributed by atoms with Crippen LogP contribution in [0.2, 0.25) is 0 Å². The maximum Gasteiger partial charge on any atom is 0.0480 e. The number of para-hydroxylation sites is 1. The number of allylic oxidation sites excluding steroid dienone is 1. The van der Waals surface area contributed by atoms with Crippen LogP contribution in [0.5, 0.6) is 0 Å². The number of benzene rings is 1. The Bertz CT molecular complexity index is 546. The average molecular weight is 241 g/mol. The molecular formula is C17H23N. The number of nitrogens with zero attached hydrogens (tertiary/aromatic N) is 1. The van der Waals surface area contributed by atoms with Crippen molar-refractivity contribution in [1.82, 2.24) is 4.57 Å². The highest BCUT2D eigenvalue weighted by Gasteiger charge is 2.06. The molecule has 0 aliphatic heterocycles. The van der Waals surface area contributed by atoms with Crippen LogP contribution < -0.4 is 0 Å². The zero-order valence-electron chi connectivity index (χ0n) is 11.7. The van der Waals surface area contributed by atoms with Crippen molar-refractivity contribution in [2.45, 2.75) is 33.1 Å². The molecule has 0 spiro atoms. The quantitative estimate of drug-likeness (QED) is 0.668. The lowest BCUT2D eigenvalue weighted by Crippen LogP contribution is -1.93. The summed E-state index contributed by atoms with van der Waals surface area (Å²) in [5, 5.41) is 1.39. The third kappa shape index (κ3) is 2.84. The minimum absolute atomic E-state index is 0.713. The molecule has 0 aliphatic rings. The summed E-state index contributed by atoms with van der Waals surface area (Å²) in [6, 6.07) is 8.62. The second-order valence-electron chi connectivity index (χ2n) is 5.63. The highest BCUT2D eigenvalue weighted by atomic mass is 14.9. The number of aromatic nitrogens is 1. The van der Waals surface area contributed by atoms with Crippen LogP contribution in [0, 0.1) is 5.92 Å². The van der Waals surface area contributed by atoms with Crippen LogP contribution in [0.15, 0.2) is 42.6 Å². The van der Waals surface area contributed by atoms with Crippen molar-refractivity contribution in [2.75, 3.05) is 0 Å². The Kier molecular flexibility index (Phi) is 3.90. The summed E-state index contributed by atoms with van der Waals surface area (Å²) in [6.07, 6.45) is 5.61. The fourth-order valence-electron chi connectivity index (χ4n) is 2.62. The van der Waals surface area contributed by atoms with Crippen molar-refractivity contribution in [3.8, 4) is 0 Å². The summed E-state index contributed by atoms with van der Waals surface area (Å²) < 4.78 is 2.22. The first-order valence-electron chi connectivity index (χ1n) is 6.77. The second-order valence-corrected chi connectivity index (χ2v) is 5.63. The van der Waals surface area contributed by atoms with Crippen LogP contribution in [0.1, 0.15) is 32.3 Å². The molecule has 2 rings (SSSR count). The Hall–Kier alpha value is -1.50. The Morgan fingerprint density at radius 1 is 1.28 bits per heavy atom. The van der Waals surface area contributed by atoms with E-state index < -0.39 is 0 Å². The van der Waals surface area contributed by atoms with E-state index in [-0.39, 0.29) is 0 Å². The maximum atomic E-state index is 4.19. The summed E-state index contributed by atoms with van der Waals surface area (Å²) >= 11 is 0. The van der Waals surface area contributed by atoms with Crippen molar-refractivity contribution in [1.29, 1.82) is 0 Å². The number of hydrogen-bond donors (Lipinski definition) is 0. The van der Waals surface area contributed by atoms with Gasteiger partial charge in [0.15, 0.2) is 0 Å². The molecular weight excluding hydrogens is 218 g/mol. The van der Waals surface area contributed by atoms with Gasteiger partial charge in [-0.2, -0.15) is 0 Å². The lowest BCUT2D eigenvalue weighted by Gasteiger charge is -2.07. The first-order chi connectivity index (χ1) is 8.58. The van der Waals surface area contributed by atoms with Gasteiger partial charge >= 0.3 is 0 Å². The topological polar surface area (TPSA) is 4.93 Å². The fourth-order valence-corrected chi connectivity index (χ4v) is 2.62. The van der Waals surface area contributed by atoms with Gasteiger partial charge in [-0.1, -0.05) is 44.2 Å². The molecule has 0 amide bonds. The van der Waals surface area contributed by atoms with E-state index in [4.69, 9.17) is 0 Å². The molecule has 0 atom stereocenters. The number of fused-ring (bicyclic) bond motifs is 1. The summed E-state index contributed by atoms with van der Waals surface area (Å²) in [6.45, 7) is 8.70. The third-order valence-electron chi connectivity index (χ3n) is 3.42. The van der Waals surface area contributed by atoms with Gasteiger partial charge in [0.1, 0.15) is 0 Å². The standard InChI is InChI=1S/C17H23N/c1-13(2)11-14(3)9-10-15-12-18(4)17-8-6-5-7-16(15)17/h5-8,12-13H,3,9-11H2,1-2,4H3. The van der Waals surface area contributed by atoms with E-state index in [2.05, 4.69) is 62.5 Å². The third-order valence-corrected chi connectivity index (χ3v) is 3.42. The molecule has 96 valence electrons. The van der Waals surface area contributed by atoms with Crippen molar-refractivity contribution in [2.24, 2.45) is 13.0 Å². The summed E-state index contributed by atoms with van der Waals surface area (Å²) in [7, 11) is 2.12. The van der Waals surface area contributed by atoms with Crippen molar-refractivity contribution in [3.63, 3.8) is 0 Å². The van der Waals surface area contributed by atoms with Gasteiger partial charge in [0.25, 0.3) is 0 Å². The Labute approximate surface area is 110 Å². The lowest BCUT2D eigenvalue weighted by molar-refractivity contribution is 0.626. The van der Waals surface area contributed by atoms with Gasteiger partial charge in [-0.05, 0) is 36.8 Å². The number of rotatable bonds is 5. The molecule has 0 radical (unpaired) electrons. The molecule has 0 unspecified atom stereocenters. The molecule has 0 fully saturated rings. The molecule has 1 nitrogen and oxygen atoms in total. The monoisotopic (exact) mass is 241 g/mol. The predicted molar refractivity (Wildman–Crippen MR) is 79.8 cm³/mol. The summed E-state index contributed by atoms with van der Waals surface area (Å²) in [5.74, 6) is 0.713. The zero-order valence-corrected chi connectivity index (χ0v) is 11.7. The summed E-state index contributed by atoms with van der Waals surface area (Å²) in [4.78, 5) is 0. The van der Waals surface area contributed by atoms with Crippen LogP contribution >= 0.6 is 0 Å². The van der Waals surface area contributed by atoms with E-state index in [1.165, 1.54) is 22.0 Å². The second kappa shape index (κ2) is 5.43. The SMILES string of the molecule is C=C(CCc1cn(C)c2ccccc12)CC(C)C. The molecule has 0 aliphatic carbocycles. The predicted octanol–water partition coefficient (Wildman–Crippen LogP) is 4.71. The van der Waals surface area contributed by atoms with Crippen LogP contribution in [0.4, 0.5) is 0 Å². The van der Waals surface area contributed by atoms with Crippen LogP contribution in [0.3, 0.4) is 0 Å². The van der Waals surface area contributed by atoms with Gasteiger partial charge < -0.3 is 4.57 Å². The van der Waals surface area contributed by atoms with Crippen molar-refractivity contribution in [3.05, 3.63) is 48.2 Å². The van der Waals surface area contributed by atoms with Gasteiger partial charge in [-0.25, -0.2) is 0 Å².